The molecule has 0 bridgehead atoms. The molecule has 1 unspecified atom stereocenters. The van der Waals surface area contributed by atoms with Crippen LogP contribution in [-0.4, -0.2) is 92.2 Å². The topological polar surface area (TPSA) is 153 Å². The van der Waals surface area contributed by atoms with Crippen LogP contribution in [0.3, 0.4) is 0 Å². The van der Waals surface area contributed by atoms with Crippen LogP contribution in [-0.2, 0) is 41.5 Å². The average molecular weight is 581 g/mol. The Hall–Kier alpha value is -3.80. The third kappa shape index (κ3) is 7.72. The summed E-state index contributed by atoms with van der Waals surface area (Å²) in [6.45, 7) is 5.58. The Bertz CT molecular complexity index is 1260. The number of ether oxygens (including phenoxy) is 3. The molecule has 0 aromatic heterocycles. The number of amides is 3. The fourth-order valence-corrected chi connectivity index (χ4v) is 5.12. The quantitative estimate of drug-likeness (QED) is 0.275. The summed E-state index contributed by atoms with van der Waals surface area (Å²) in [6.07, 6.45) is 0.295. The van der Waals surface area contributed by atoms with Crippen LogP contribution >= 0.6 is 0 Å². The van der Waals surface area contributed by atoms with Crippen LogP contribution in [0.25, 0.3) is 0 Å². The van der Waals surface area contributed by atoms with E-state index in [2.05, 4.69) is 10.6 Å². The number of hydrogen-bond donors (Lipinski definition) is 3. The lowest BCUT2D eigenvalue weighted by Crippen LogP contribution is -2.65. The van der Waals surface area contributed by atoms with Crippen molar-refractivity contribution in [2.75, 3.05) is 46.6 Å². The molecule has 2 aliphatic heterocycles. The molecule has 226 valence electrons. The summed E-state index contributed by atoms with van der Waals surface area (Å²) in [5.41, 5.74) is 4.72. The molecule has 11 heteroatoms. The van der Waals surface area contributed by atoms with Crippen LogP contribution in [0.15, 0.2) is 54.6 Å². The zero-order valence-electron chi connectivity index (χ0n) is 24.4. The van der Waals surface area contributed by atoms with Crippen molar-refractivity contribution in [3.8, 4) is 5.75 Å². The van der Waals surface area contributed by atoms with Gasteiger partial charge >= 0.3 is 0 Å². The van der Waals surface area contributed by atoms with Crippen LogP contribution in [0.2, 0.25) is 0 Å². The maximum Gasteiger partial charge on any atom is 0.243 e. The van der Waals surface area contributed by atoms with Crippen molar-refractivity contribution < 1.29 is 33.4 Å². The van der Waals surface area contributed by atoms with Gasteiger partial charge in [-0.3, -0.25) is 24.1 Å². The normalized spacial score (nSPS) is 21.3. The van der Waals surface area contributed by atoms with E-state index in [1.54, 1.807) is 38.3 Å². The van der Waals surface area contributed by atoms with Crippen LogP contribution in [0.4, 0.5) is 0 Å². The van der Waals surface area contributed by atoms with Crippen LogP contribution in [0, 0.1) is 5.92 Å². The monoisotopic (exact) mass is 580 g/mol. The Labute approximate surface area is 246 Å². The van der Waals surface area contributed by atoms with Crippen molar-refractivity contribution in [3.05, 3.63) is 65.7 Å². The Balaban J connectivity index is 1.63. The van der Waals surface area contributed by atoms with Gasteiger partial charge in [0, 0.05) is 13.1 Å². The Morgan fingerprint density at radius 2 is 1.64 bits per heavy atom. The molecule has 0 radical (unpaired) electrons. The van der Waals surface area contributed by atoms with E-state index >= 15 is 0 Å². The van der Waals surface area contributed by atoms with Crippen LogP contribution in [0.1, 0.15) is 25.0 Å². The van der Waals surface area contributed by atoms with Gasteiger partial charge < -0.3 is 30.6 Å². The number of morpholine rings is 1. The molecule has 42 heavy (non-hydrogen) atoms. The predicted molar refractivity (Wildman–Crippen MR) is 155 cm³/mol. The lowest BCUT2D eigenvalue weighted by atomic mass is 9.79. The van der Waals surface area contributed by atoms with Crippen LogP contribution < -0.4 is 21.1 Å². The lowest BCUT2D eigenvalue weighted by molar-refractivity contribution is -0.141. The number of nitrogens with two attached hydrogens (primary N) is 1. The SMILES string of the molecule is COc1ccc(C[C@H](C(=O)N[C@@H](Cc2ccccc2)C(=O)[C@@]2(C)CO2)C(C)(NC(=O)CN2CCOCC2)C(N)=O)cc1. The summed E-state index contributed by atoms with van der Waals surface area (Å²) in [5, 5.41) is 5.66. The minimum absolute atomic E-state index is 0.0217. The van der Waals surface area contributed by atoms with Gasteiger partial charge in [-0.1, -0.05) is 42.5 Å². The molecule has 4 rings (SSSR count). The van der Waals surface area contributed by atoms with Gasteiger partial charge in [-0.25, -0.2) is 0 Å². The number of nitrogens with zero attached hydrogens (tertiary/aromatic N) is 1. The van der Waals surface area contributed by atoms with Gasteiger partial charge in [0.05, 0.1) is 45.4 Å². The fraction of sp³-hybridized carbons (Fsp3) is 0.484. The summed E-state index contributed by atoms with van der Waals surface area (Å²) in [4.78, 5) is 55.7. The zero-order valence-corrected chi connectivity index (χ0v) is 24.4. The van der Waals surface area contributed by atoms with E-state index < -0.39 is 40.8 Å². The number of epoxide rings is 1. The average Bonchev–Trinajstić information content (AvgIpc) is 3.74. The van der Waals surface area contributed by atoms with Crippen LogP contribution in [0.5, 0.6) is 5.75 Å². The highest BCUT2D eigenvalue weighted by molar-refractivity contribution is 6.00. The number of carbonyl (C=O) groups is 4. The Kier molecular flexibility index (Phi) is 9.97. The first kappa shape index (κ1) is 31.1. The van der Waals surface area contributed by atoms with Gasteiger partial charge in [0.15, 0.2) is 5.78 Å². The molecule has 4 N–H and O–H groups in total. The molecule has 2 aromatic rings. The van der Waals surface area contributed by atoms with Gasteiger partial charge in [-0.05, 0) is 49.9 Å². The van der Waals surface area contributed by atoms with Gasteiger partial charge in [0.1, 0.15) is 16.9 Å². The number of rotatable bonds is 14. The number of methoxy groups -OCH3 is 1. The minimum atomic E-state index is -1.77. The third-order valence-electron chi connectivity index (χ3n) is 8.01. The number of carbonyl (C=O) groups excluding carboxylic acids is 4. The number of ketones is 1. The maximum atomic E-state index is 14.1. The number of Topliss-reactive ketones (excluding diaryl/α,β-unsaturated/α-hetero) is 1. The summed E-state index contributed by atoms with van der Waals surface area (Å²) in [6, 6.07) is 15.5. The first-order valence-electron chi connectivity index (χ1n) is 14.1. The molecule has 2 saturated heterocycles. The predicted octanol–water partition coefficient (Wildman–Crippen LogP) is 0.632. The second-order valence-electron chi connectivity index (χ2n) is 11.2. The Morgan fingerprint density at radius 1 is 1.02 bits per heavy atom. The summed E-state index contributed by atoms with van der Waals surface area (Å²) >= 11 is 0. The molecular formula is C31H40N4O7. The molecule has 2 heterocycles. The highest BCUT2D eigenvalue weighted by Gasteiger charge is 2.51. The first-order valence-corrected chi connectivity index (χ1v) is 14.1. The van der Waals surface area contributed by atoms with E-state index in [-0.39, 0.29) is 31.8 Å². The summed E-state index contributed by atoms with van der Waals surface area (Å²) in [7, 11) is 1.55. The molecule has 11 nitrogen and oxygen atoms in total. The van der Waals surface area contributed by atoms with Gasteiger partial charge in [-0.2, -0.15) is 0 Å². The molecular weight excluding hydrogens is 540 g/mol. The van der Waals surface area contributed by atoms with E-state index in [0.29, 0.717) is 37.6 Å². The van der Waals surface area contributed by atoms with E-state index in [4.69, 9.17) is 19.9 Å². The van der Waals surface area contributed by atoms with E-state index in [0.717, 1.165) is 5.56 Å². The summed E-state index contributed by atoms with van der Waals surface area (Å²) < 4.78 is 16.0. The number of benzene rings is 2. The van der Waals surface area contributed by atoms with Gasteiger partial charge in [-0.15, -0.1) is 0 Å². The highest BCUT2D eigenvalue weighted by atomic mass is 16.6. The van der Waals surface area contributed by atoms with Crippen molar-refractivity contribution in [3.63, 3.8) is 0 Å². The van der Waals surface area contributed by atoms with E-state index in [9.17, 15) is 19.2 Å². The number of nitrogens with one attached hydrogen (secondary N) is 2. The second kappa shape index (κ2) is 13.5. The highest BCUT2D eigenvalue weighted by Crippen LogP contribution is 2.30. The molecule has 2 aliphatic rings. The molecule has 2 fully saturated rings. The molecule has 2 aromatic carbocycles. The molecule has 0 saturated carbocycles. The van der Waals surface area contributed by atoms with Crippen molar-refractivity contribution in [2.45, 2.75) is 43.9 Å². The van der Waals surface area contributed by atoms with Gasteiger partial charge in [0.2, 0.25) is 17.7 Å². The van der Waals surface area contributed by atoms with E-state index in [1.807, 2.05) is 35.2 Å². The van der Waals surface area contributed by atoms with Crippen molar-refractivity contribution in [1.29, 1.82) is 0 Å². The fourth-order valence-electron chi connectivity index (χ4n) is 5.12. The zero-order chi connectivity index (χ0) is 30.3. The number of primary amides is 1. The largest absolute Gasteiger partial charge is 0.497 e. The first-order chi connectivity index (χ1) is 20.0. The number of hydrogen-bond acceptors (Lipinski definition) is 8. The molecule has 3 amide bonds. The van der Waals surface area contributed by atoms with Crippen molar-refractivity contribution >= 4 is 23.5 Å². The smallest absolute Gasteiger partial charge is 0.243 e. The lowest BCUT2D eigenvalue weighted by Gasteiger charge is -2.37. The maximum absolute atomic E-state index is 14.1. The van der Waals surface area contributed by atoms with Gasteiger partial charge in [0.25, 0.3) is 0 Å². The standard InChI is InChI=1S/C31H40N4O7/c1-30(20-42-30)27(37)25(18-21-7-5-4-6-8-21)33-28(38)24(17-22-9-11-23(40-3)12-10-22)31(2,29(32)39)34-26(36)19-35-13-15-41-16-14-35/h4-12,24-25H,13-20H2,1-3H3,(H2,32,39)(H,33,38)(H,34,36)/t24-,25+,30-,31?/m1/s1. The second-order valence-corrected chi connectivity index (χ2v) is 11.2. The molecule has 4 atom stereocenters. The summed E-state index contributed by atoms with van der Waals surface area (Å²) in [5.74, 6) is -2.67. The van der Waals surface area contributed by atoms with Crippen molar-refractivity contribution in [2.24, 2.45) is 11.7 Å². The minimum Gasteiger partial charge on any atom is -0.497 e. The Morgan fingerprint density at radius 3 is 2.21 bits per heavy atom. The van der Waals surface area contributed by atoms with Crippen molar-refractivity contribution in [1.82, 2.24) is 15.5 Å². The third-order valence-corrected chi connectivity index (χ3v) is 8.01. The van der Waals surface area contributed by atoms with E-state index in [1.165, 1.54) is 6.92 Å². The molecule has 0 aliphatic carbocycles. The molecule has 0 spiro atoms.